The third kappa shape index (κ3) is 3.14. The monoisotopic (exact) mass is 375 g/mol. The molecule has 140 valence electrons. The van der Waals surface area contributed by atoms with Crippen LogP contribution in [0.1, 0.15) is 26.3 Å². The van der Waals surface area contributed by atoms with Gasteiger partial charge in [-0.2, -0.15) is 0 Å². The van der Waals surface area contributed by atoms with Crippen molar-refractivity contribution in [2.24, 2.45) is 7.05 Å². The third-order valence-corrected chi connectivity index (χ3v) is 4.45. The molecule has 2 amide bonds. The number of nitrogens with zero attached hydrogens (tertiary/aromatic N) is 1. The minimum absolute atomic E-state index is 0.0172. The molecule has 0 saturated heterocycles. The number of hydrogen-bond donors (Lipinski definition) is 2. The maximum Gasteiger partial charge on any atom is 0.263 e. The van der Waals surface area contributed by atoms with E-state index in [9.17, 15) is 14.4 Å². The van der Waals surface area contributed by atoms with E-state index in [0.717, 1.165) is 5.56 Å². The molecular formula is C21H17N3O4. The number of benzene rings is 2. The van der Waals surface area contributed by atoms with Crippen molar-refractivity contribution in [3.05, 3.63) is 81.8 Å². The first kappa shape index (κ1) is 17.5. The number of carbonyl (C=O) groups is 2. The normalized spacial score (nSPS) is 12.1. The fraction of sp³-hybridized carbons (Fsp3) is 0.0952. The van der Waals surface area contributed by atoms with Crippen molar-refractivity contribution in [2.45, 2.75) is 6.92 Å². The summed E-state index contributed by atoms with van der Waals surface area (Å²) in [5.74, 6) is 0.0390. The van der Waals surface area contributed by atoms with E-state index in [-0.39, 0.29) is 17.0 Å². The van der Waals surface area contributed by atoms with Crippen LogP contribution in [0.3, 0.4) is 0 Å². The average molecular weight is 375 g/mol. The van der Waals surface area contributed by atoms with Crippen LogP contribution in [0, 0.1) is 6.92 Å². The van der Waals surface area contributed by atoms with Crippen molar-refractivity contribution in [3.8, 4) is 11.5 Å². The zero-order valence-electron chi connectivity index (χ0n) is 15.3. The van der Waals surface area contributed by atoms with E-state index in [1.807, 2.05) is 19.1 Å². The van der Waals surface area contributed by atoms with Crippen molar-refractivity contribution < 1.29 is 14.3 Å². The van der Waals surface area contributed by atoms with Crippen molar-refractivity contribution in [1.29, 1.82) is 0 Å². The molecule has 7 nitrogen and oxygen atoms in total. The van der Waals surface area contributed by atoms with Crippen molar-refractivity contribution in [2.75, 3.05) is 10.6 Å². The first-order valence-electron chi connectivity index (χ1n) is 8.63. The van der Waals surface area contributed by atoms with E-state index in [2.05, 4.69) is 10.6 Å². The van der Waals surface area contributed by atoms with Crippen LogP contribution < -0.4 is 20.9 Å². The van der Waals surface area contributed by atoms with Gasteiger partial charge in [0.2, 0.25) is 0 Å². The lowest BCUT2D eigenvalue weighted by Crippen LogP contribution is -2.27. The average Bonchev–Trinajstić information content (AvgIpc) is 2.79. The quantitative estimate of drug-likeness (QED) is 0.719. The molecule has 3 aromatic rings. The summed E-state index contributed by atoms with van der Waals surface area (Å²) in [6.07, 6.45) is 1.57. The third-order valence-electron chi connectivity index (χ3n) is 4.45. The summed E-state index contributed by atoms with van der Waals surface area (Å²) < 4.78 is 7.18. The Kier molecular flexibility index (Phi) is 4.19. The summed E-state index contributed by atoms with van der Waals surface area (Å²) in [7, 11) is 1.57. The Morgan fingerprint density at radius 2 is 1.86 bits per heavy atom. The summed E-state index contributed by atoms with van der Waals surface area (Å²) in [5, 5.41) is 5.48. The minimum Gasteiger partial charge on any atom is -0.454 e. The standard InChI is InChI=1S/C21H17N3O4/c1-12-5-7-18-16(10-12)23-20(26)15-11-13(6-8-17(15)28-18)22-19(25)14-4-3-9-24(2)21(14)27/h3-11H,1-2H3,(H,22,25)(H,23,26). The van der Waals surface area contributed by atoms with Crippen LogP contribution in [0.15, 0.2) is 59.5 Å². The molecule has 1 aliphatic heterocycles. The Hall–Kier alpha value is -3.87. The molecule has 28 heavy (non-hydrogen) atoms. The largest absolute Gasteiger partial charge is 0.454 e. The van der Waals surface area contributed by atoms with Crippen LogP contribution in [-0.4, -0.2) is 16.4 Å². The smallest absolute Gasteiger partial charge is 0.263 e. The number of carbonyl (C=O) groups excluding carboxylic acids is 2. The van der Waals surface area contributed by atoms with E-state index in [1.165, 1.54) is 16.7 Å². The summed E-state index contributed by atoms with van der Waals surface area (Å²) in [4.78, 5) is 37.2. The zero-order valence-corrected chi connectivity index (χ0v) is 15.3. The fourth-order valence-electron chi connectivity index (χ4n) is 2.98. The van der Waals surface area contributed by atoms with Gasteiger partial charge in [-0.05, 0) is 55.0 Å². The number of amides is 2. The van der Waals surface area contributed by atoms with Gasteiger partial charge in [0.05, 0.1) is 11.3 Å². The molecule has 1 aliphatic rings. The topological polar surface area (TPSA) is 89.4 Å². The first-order chi connectivity index (χ1) is 13.4. The van der Waals surface area contributed by atoms with E-state index in [4.69, 9.17) is 4.74 Å². The highest BCUT2D eigenvalue weighted by Gasteiger charge is 2.22. The van der Waals surface area contributed by atoms with Gasteiger partial charge >= 0.3 is 0 Å². The lowest BCUT2D eigenvalue weighted by atomic mass is 10.1. The number of aryl methyl sites for hydroxylation is 2. The van der Waals surface area contributed by atoms with Gasteiger partial charge in [0.25, 0.3) is 17.4 Å². The van der Waals surface area contributed by atoms with Crippen molar-refractivity contribution in [1.82, 2.24) is 4.57 Å². The first-order valence-corrected chi connectivity index (χ1v) is 8.63. The molecule has 0 aliphatic carbocycles. The zero-order chi connectivity index (χ0) is 19.8. The lowest BCUT2D eigenvalue weighted by Gasteiger charge is -2.10. The van der Waals surface area contributed by atoms with Gasteiger partial charge in [-0.1, -0.05) is 6.07 Å². The highest BCUT2D eigenvalue weighted by molar-refractivity contribution is 6.10. The van der Waals surface area contributed by atoms with Crippen LogP contribution in [0.25, 0.3) is 0 Å². The highest BCUT2D eigenvalue weighted by Crippen LogP contribution is 2.37. The SMILES string of the molecule is Cc1ccc2c(c1)NC(=O)c1cc(NC(=O)c3cccn(C)c3=O)ccc1O2. The molecule has 0 radical (unpaired) electrons. The molecule has 0 atom stereocenters. The van der Waals surface area contributed by atoms with Crippen molar-refractivity contribution in [3.63, 3.8) is 0 Å². The predicted molar refractivity (Wildman–Crippen MR) is 105 cm³/mol. The number of ether oxygens (including phenoxy) is 1. The maximum absolute atomic E-state index is 12.6. The van der Waals surface area contributed by atoms with Gasteiger partial charge in [0.1, 0.15) is 11.3 Å². The number of aromatic nitrogens is 1. The van der Waals surface area contributed by atoms with E-state index >= 15 is 0 Å². The van der Waals surface area contributed by atoms with Gasteiger partial charge in [0, 0.05) is 18.9 Å². The Labute approximate surface area is 160 Å². The molecule has 0 saturated carbocycles. The van der Waals surface area contributed by atoms with Crippen LogP contribution in [0.5, 0.6) is 11.5 Å². The molecule has 7 heteroatoms. The van der Waals surface area contributed by atoms with E-state index < -0.39 is 11.5 Å². The van der Waals surface area contributed by atoms with Gasteiger partial charge in [-0.15, -0.1) is 0 Å². The molecule has 2 aromatic carbocycles. The second-order valence-electron chi connectivity index (χ2n) is 6.56. The molecular weight excluding hydrogens is 358 g/mol. The van der Waals surface area contributed by atoms with E-state index in [0.29, 0.717) is 22.9 Å². The summed E-state index contributed by atoms with van der Waals surface area (Å²) >= 11 is 0. The predicted octanol–water partition coefficient (Wildman–Crippen LogP) is 3.30. The number of fused-ring (bicyclic) bond motifs is 2. The molecule has 2 heterocycles. The lowest BCUT2D eigenvalue weighted by molar-refractivity contribution is 0.101. The molecule has 0 unspecified atom stereocenters. The molecule has 0 fully saturated rings. The van der Waals surface area contributed by atoms with Crippen LogP contribution >= 0.6 is 0 Å². The summed E-state index contributed by atoms with van der Waals surface area (Å²) in [6, 6.07) is 13.3. The van der Waals surface area contributed by atoms with Crippen LogP contribution in [0.2, 0.25) is 0 Å². The van der Waals surface area contributed by atoms with Crippen LogP contribution in [-0.2, 0) is 7.05 Å². The van der Waals surface area contributed by atoms with Gasteiger partial charge in [-0.25, -0.2) is 0 Å². The number of hydrogen-bond acceptors (Lipinski definition) is 4. The second-order valence-corrected chi connectivity index (χ2v) is 6.56. The summed E-state index contributed by atoms with van der Waals surface area (Å²) in [6.45, 7) is 1.92. The summed E-state index contributed by atoms with van der Waals surface area (Å²) in [5.41, 5.74) is 1.86. The second kappa shape index (κ2) is 6.70. The number of anilines is 2. The van der Waals surface area contributed by atoms with Crippen LogP contribution in [0.4, 0.5) is 11.4 Å². The number of nitrogens with one attached hydrogen (secondary N) is 2. The molecule has 2 N–H and O–H groups in total. The number of pyridine rings is 1. The maximum atomic E-state index is 12.6. The Morgan fingerprint density at radius 1 is 1.07 bits per heavy atom. The molecule has 4 rings (SSSR count). The Morgan fingerprint density at radius 3 is 2.68 bits per heavy atom. The highest BCUT2D eigenvalue weighted by atomic mass is 16.5. The Bertz CT molecular complexity index is 1180. The van der Waals surface area contributed by atoms with Crippen molar-refractivity contribution >= 4 is 23.2 Å². The number of rotatable bonds is 2. The van der Waals surface area contributed by atoms with Gasteiger partial charge < -0.3 is 19.9 Å². The van der Waals surface area contributed by atoms with Gasteiger partial charge in [-0.3, -0.25) is 14.4 Å². The minimum atomic E-state index is -0.546. The fourth-order valence-corrected chi connectivity index (χ4v) is 2.98. The van der Waals surface area contributed by atoms with E-state index in [1.54, 1.807) is 37.5 Å². The molecule has 1 aromatic heterocycles. The molecule has 0 spiro atoms. The Balaban J connectivity index is 1.65. The van der Waals surface area contributed by atoms with Gasteiger partial charge in [0.15, 0.2) is 5.75 Å². The molecule has 0 bridgehead atoms.